The molecule has 0 radical (unpaired) electrons. The fraction of sp³-hybridized carbons (Fsp3) is 1.00. The summed E-state index contributed by atoms with van der Waals surface area (Å²) in [6, 6.07) is 0. The lowest BCUT2D eigenvalue weighted by atomic mass is 10.00. The van der Waals surface area contributed by atoms with Crippen LogP contribution in [0.5, 0.6) is 0 Å². The molecule has 0 aliphatic carbocycles. The van der Waals surface area contributed by atoms with Crippen LogP contribution in [0.4, 0.5) is 0 Å². The van der Waals surface area contributed by atoms with Crippen LogP contribution in [0.15, 0.2) is 0 Å². The maximum atomic E-state index is 9.39. The molecule has 1 aliphatic rings. The third-order valence-electron chi connectivity index (χ3n) is 2.09. The molecule has 0 spiro atoms. The summed E-state index contributed by atoms with van der Waals surface area (Å²) in [4.78, 5) is 17.7. The van der Waals surface area contributed by atoms with Gasteiger partial charge in [0.05, 0.1) is 6.61 Å². The van der Waals surface area contributed by atoms with Gasteiger partial charge in [0.15, 0.2) is 6.29 Å². The maximum absolute atomic E-state index is 9.39. The molecule has 1 unspecified atom stereocenters. The average Bonchev–Trinajstić information content (AvgIpc) is 2.17. The Balaban J connectivity index is 2.75. The Kier molecular flexibility index (Phi) is 4.78. The molecule has 0 aromatic rings. The van der Waals surface area contributed by atoms with E-state index in [1.165, 1.54) is 0 Å². The van der Waals surface area contributed by atoms with Gasteiger partial charge in [-0.25, -0.2) is 0 Å². The fourth-order valence-electron chi connectivity index (χ4n) is 1.29. The van der Waals surface area contributed by atoms with Crippen LogP contribution in [0.25, 0.3) is 0 Å². The second kappa shape index (κ2) is 5.32. The van der Waals surface area contributed by atoms with Crippen LogP contribution >= 0.6 is 6.72 Å². The highest BCUT2D eigenvalue weighted by atomic mass is 32.5. The van der Waals surface area contributed by atoms with Gasteiger partial charge in [-0.05, 0) is 11.8 Å². The van der Waals surface area contributed by atoms with Gasteiger partial charge in [-0.1, -0.05) is 0 Å². The molecule has 1 heterocycles. The normalized spacial score (nSPS) is 41.0. The van der Waals surface area contributed by atoms with Crippen molar-refractivity contribution < 1.29 is 39.5 Å². The van der Waals surface area contributed by atoms with E-state index in [-0.39, 0.29) is 0 Å². The molecule has 10 heteroatoms. The van der Waals surface area contributed by atoms with Crippen molar-refractivity contribution in [3.05, 3.63) is 0 Å². The van der Waals surface area contributed by atoms with E-state index in [2.05, 4.69) is 16.3 Å². The first kappa shape index (κ1) is 14.4. The van der Waals surface area contributed by atoms with Crippen molar-refractivity contribution in [3.8, 4) is 0 Å². The summed E-state index contributed by atoms with van der Waals surface area (Å²) in [5.41, 5.74) is 0. The molecule has 16 heavy (non-hydrogen) atoms. The fourth-order valence-corrected chi connectivity index (χ4v) is 1.99. The van der Waals surface area contributed by atoms with Crippen molar-refractivity contribution in [1.82, 2.24) is 0 Å². The minimum absolute atomic E-state index is 0.634. The molecule has 1 saturated heterocycles. The highest BCUT2D eigenvalue weighted by molar-refractivity contribution is 8.06. The zero-order valence-corrected chi connectivity index (χ0v) is 9.66. The summed E-state index contributed by atoms with van der Waals surface area (Å²) in [5.74, 6) is 0. The molecule has 0 bridgehead atoms. The predicted octanol–water partition coefficient (Wildman–Crippen LogP) is -2.99. The third-order valence-corrected chi connectivity index (χ3v) is 2.83. The summed E-state index contributed by atoms with van der Waals surface area (Å²) < 4.78 is 9.24. The van der Waals surface area contributed by atoms with E-state index in [1.807, 2.05) is 0 Å². The second-order valence-electron chi connectivity index (χ2n) is 3.29. The van der Waals surface area contributed by atoms with Gasteiger partial charge in [0.25, 0.3) is 0 Å². The van der Waals surface area contributed by atoms with Gasteiger partial charge in [-0.2, -0.15) is 0 Å². The van der Waals surface area contributed by atoms with E-state index in [9.17, 15) is 15.3 Å². The minimum atomic E-state index is -4.08. The lowest BCUT2D eigenvalue weighted by molar-refractivity contribution is -0.279. The summed E-state index contributed by atoms with van der Waals surface area (Å²) >= 11 is 4.16. The van der Waals surface area contributed by atoms with Crippen molar-refractivity contribution in [3.63, 3.8) is 0 Å². The lowest BCUT2D eigenvalue weighted by Crippen LogP contribution is -2.58. The standard InChI is InChI=1S/C6H13O8PS/c7-1-2-3(8)4(9)5(10)6(13-2)14-15(11,12)16/h2-10H,1H2,(H2,11,12,16)/t2-,3-,4+,5-,6?/m1/s1. The minimum Gasteiger partial charge on any atom is -0.394 e. The molecule has 8 nitrogen and oxygen atoms in total. The molecule has 0 saturated carbocycles. The molecular weight excluding hydrogens is 263 g/mol. The zero-order chi connectivity index (χ0) is 12.5. The van der Waals surface area contributed by atoms with E-state index in [1.54, 1.807) is 0 Å². The van der Waals surface area contributed by atoms with Gasteiger partial charge in [-0.3, -0.25) is 4.52 Å². The van der Waals surface area contributed by atoms with E-state index in [4.69, 9.17) is 19.6 Å². The molecular formula is C6H13O8PS. The smallest absolute Gasteiger partial charge is 0.324 e. The Bertz CT molecular complexity index is 280. The molecule has 0 amide bonds. The van der Waals surface area contributed by atoms with Gasteiger partial charge in [0, 0.05) is 0 Å². The van der Waals surface area contributed by atoms with Crippen molar-refractivity contribution in [2.75, 3.05) is 6.61 Å². The topological polar surface area (TPSA) is 140 Å². The first-order chi connectivity index (χ1) is 7.26. The van der Waals surface area contributed by atoms with Crippen molar-refractivity contribution >= 4 is 18.5 Å². The van der Waals surface area contributed by atoms with Crippen molar-refractivity contribution in [1.29, 1.82) is 0 Å². The Morgan fingerprint density at radius 3 is 2.12 bits per heavy atom. The molecule has 96 valence electrons. The largest absolute Gasteiger partial charge is 0.394 e. The van der Waals surface area contributed by atoms with Gasteiger partial charge >= 0.3 is 6.72 Å². The number of aliphatic hydroxyl groups is 4. The zero-order valence-electron chi connectivity index (χ0n) is 7.95. The Morgan fingerprint density at radius 2 is 1.69 bits per heavy atom. The van der Waals surface area contributed by atoms with Crippen LogP contribution in [0, 0.1) is 0 Å². The molecule has 6 N–H and O–H groups in total. The molecule has 0 aromatic carbocycles. The number of rotatable bonds is 3. The van der Waals surface area contributed by atoms with Crippen molar-refractivity contribution in [2.24, 2.45) is 0 Å². The van der Waals surface area contributed by atoms with Gasteiger partial charge in [0.1, 0.15) is 24.4 Å². The lowest BCUT2D eigenvalue weighted by Gasteiger charge is -2.39. The first-order valence-electron chi connectivity index (χ1n) is 4.30. The number of hydrogen-bond donors (Lipinski definition) is 6. The molecule has 1 fully saturated rings. The second-order valence-corrected chi connectivity index (χ2v) is 5.91. The van der Waals surface area contributed by atoms with Crippen LogP contribution < -0.4 is 0 Å². The Morgan fingerprint density at radius 1 is 1.12 bits per heavy atom. The first-order valence-corrected chi connectivity index (χ1v) is 6.93. The quantitative estimate of drug-likeness (QED) is 0.298. The summed E-state index contributed by atoms with van der Waals surface area (Å²) in [7, 11) is 0. The number of aliphatic hydroxyl groups excluding tert-OH is 4. The third kappa shape index (κ3) is 3.41. The van der Waals surface area contributed by atoms with Crippen LogP contribution in [-0.4, -0.2) is 67.5 Å². The average molecular weight is 276 g/mol. The van der Waals surface area contributed by atoms with Crippen molar-refractivity contribution in [2.45, 2.75) is 30.7 Å². The highest BCUT2D eigenvalue weighted by Gasteiger charge is 2.45. The van der Waals surface area contributed by atoms with Crippen LogP contribution in [0.1, 0.15) is 0 Å². The van der Waals surface area contributed by atoms with E-state index >= 15 is 0 Å². The number of hydrogen-bond acceptors (Lipinski definition) is 7. The maximum Gasteiger partial charge on any atom is 0.324 e. The summed E-state index contributed by atoms with van der Waals surface area (Å²) in [6.45, 7) is -4.72. The Labute approximate surface area is 95.9 Å². The molecule has 1 aliphatic heterocycles. The van der Waals surface area contributed by atoms with E-state index in [0.717, 1.165) is 0 Å². The number of ether oxygens (including phenoxy) is 1. The SMILES string of the molecule is OC[C@H]1OC(OP(O)(O)=S)[C@H](O)[C@@H](O)[C@@H]1O. The molecule has 0 aromatic heterocycles. The van der Waals surface area contributed by atoms with Gasteiger partial charge in [0.2, 0.25) is 0 Å². The highest BCUT2D eigenvalue weighted by Crippen LogP contribution is 2.40. The molecule has 5 atom stereocenters. The predicted molar refractivity (Wildman–Crippen MR) is 53.6 cm³/mol. The van der Waals surface area contributed by atoms with Gasteiger partial charge in [-0.15, -0.1) is 0 Å². The molecule has 1 rings (SSSR count). The Hall–Kier alpha value is 0.330. The van der Waals surface area contributed by atoms with E-state index in [0.29, 0.717) is 0 Å². The van der Waals surface area contributed by atoms with E-state index < -0.39 is 44.0 Å². The summed E-state index contributed by atoms with van der Waals surface area (Å²) in [5, 5.41) is 36.9. The van der Waals surface area contributed by atoms with Gasteiger partial charge < -0.3 is 34.9 Å². The van der Waals surface area contributed by atoms with Crippen LogP contribution in [-0.2, 0) is 21.1 Å². The van der Waals surface area contributed by atoms with Crippen LogP contribution in [0.2, 0.25) is 0 Å². The van der Waals surface area contributed by atoms with Crippen LogP contribution in [0.3, 0.4) is 0 Å². The summed E-state index contributed by atoms with van der Waals surface area (Å²) in [6.07, 6.45) is -7.66. The monoisotopic (exact) mass is 276 g/mol.